The summed E-state index contributed by atoms with van der Waals surface area (Å²) in [7, 11) is 0. The molecule has 88 valence electrons. The summed E-state index contributed by atoms with van der Waals surface area (Å²) in [5.41, 5.74) is 4.69. The van der Waals surface area contributed by atoms with Crippen LogP contribution in [0.5, 0.6) is 0 Å². The molecule has 0 fully saturated rings. The van der Waals surface area contributed by atoms with Crippen molar-refractivity contribution in [2.75, 3.05) is 5.32 Å². The first-order valence-electron chi connectivity index (χ1n) is 5.49. The summed E-state index contributed by atoms with van der Waals surface area (Å²) in [5, 5.41) is 7.21. The van der Waals surface area contributed by atoms with Crippen LogP contribution in [0, 0.1) is 0 Å². The Morgan fingerprint density at radius 3 is 2.61 bits per heavy atom. The molecule has 0 saturated heterocycles. The lowest BCUT2D eigenvalue weighted by molar-refractivity contribution is 0.0956. The van der Waals surface area contributed by atoms with Gasteiger partial charge in [-0.1, -0.05) is 12.1 Å². The number of nitrogens with zero attached hydrogens (tertiary/aromatic N) is 2. The number of amidine groups is 1. The quantitative estimate of drug-likeness (QED) is 0.793. The fourth-order valence-corrected chi connectivity index (χ4v) is 1.76. The Morgan fingerprint density at radius 1 is 1.00 bits per heavy atom. The molecule has 0 bridgehead atoms. The van der Waals surface area contributed by atoms with Crippen molar-refractivity contribution >= 4 is 17.4 Å². The van der Waals surface area contributed by atoms with Gasteiger partial charge < -0.3 is 5.32 Å². The fourth-order valence-electron chi connectivity index (χ4n) is 1.76. The molecule has 3 rings (SSSR count). The summed E-state index contributed by atoms with van der Waals surface area (Å²) in [6, 6.07) is 10.9. The Morgan fingerprint density at radius 2 is 1.78 bits per heavy atom. The van der Waals surface area contributed by atoms with Gasteiger partial charge in [-0.2, -0.15) is 5.10 Å². The van der Waals surface area contributed by atoms with E-state index < -0.39 is 0 Å². The van der Waals surface area contributed by atoms with Gasteiger partial charge in [-0.05, 0) is 24.3 Å². The van der Waals surface area contributed by atoms with Crippen molar-refractivity contribution in [1.29, 1.82) is 0 Å². The lowest BCUT2D eigenvalue weighted by Gasteiger charge is -2.08. The van der Waals surface area contributed by atoms with E-state index in [1.807, 2.05) is 30.3 Å². The van der Waals surface area contributed by atoms with E-state index in [4.69, 9.17) is 0 Å². The van der Waals surface area contributed by atoms with Crippen LogP contribution in [0.15, 0.2) is 53.9 Å². The number of anilines is 1. The van der Waals surface area contributed by atoms with Crippen molar-refractivity contribution in [3.8, 4) is 0 Å². The number of amides is 1. The fraction of sp³-hybridized carbons (Fsp3) is 0. The number of para-hydroxylation sites is 1. The maximum absolute atomic E-state index is 11.8. The number of benzene rings is 1. The average molecular weight is 238 g/mol. The van der Waals surface area contributed by atoms with Crippen LogP contribution < -0.4 is 10.7 Å². The van der Waals surface area contributed by atoms with E-state index in [2.05, 4.69) is 20.8 Å². The van der Waals surface area contributed by atoms with Gasteiger partial charge in [-0.25, -0.2) is 5.43 Å². The summed E-state index contributed by atoms with van der Waals surface area (Å²) in [6.45, 7) is 0. The Hall–Kier alpha value is -2.69. The van der Waals surface area contributed by atoms with Gasteiger partial charge >= 0.3 is 0 Å². The minimum atomic E-state index is -0.220. The summed E-state index contributed by atoms with van der Waals surface area (Å²) in [4.78, 5) is 15.8. The molecule has 1 aromatic carbocycles. The van der Waals surface area contributed by atoms with Crippen molar-refractivity contribution in [3.63, 3.8) is 0 Å². The lowest BCUT2D eigenvalue weighted by atomic mass is 10.1. The molecule has 1 aliphatic rings. The highest BCUT2D eigenvalue weighted by atomic mass is 16.2. The zero-order valence-electron chi connectivity index (χ0n) is 9.42. The number of carbonyl (C=O) groups is 1. The first-order chi connectivity index (χ1) is 8.84. The Balaban J connectivity index is 2.04. The van der Waals surface area contributed by atoms with Crippen LogP contribution in [-0.2, 0) is 0 Å². The van der Waals surface area contributed by atoms with Crippen LogP contribution >= 0.6 is 0 Å². The zero-order valence-corrected chi connectivity index (χ0v) is 9.42. The number of rotatable bonds is 1. The van der Waals surface area contributed by atoms with E-state index in [0.717, 1.165) is 11.3 Å². The van der Waals surface area contributed by atoms with E-state index in [0.29, 0.717) is 11.4 Å². The van der Waals surface area contributed by atoms with Gasteiger partial charge in [0.05, 0.1) is 11.3 Å². The Kier molecular flexibility index (Phi) is 2.49. The van der Waals surface area contributed by atoms with Gasteiger partial charge in [-0.15, -0.1) is 0 Å². The molecule has 1 aromatic heterocycles. The summed E-state index contributed by atoms with van der Waals surface area (Å²) >= 11 is 0. The average Bonchev–Trinajstić information content (AvgIpc) is 2.60. The number of nitrogens with one attached hydrogen (secondary N) is 2. The first kappa shape index (κ1) is 10.5. The standard InChI is InChI=1S/C13H10N4O/c18-13-10-3-1-2-4-11(10)15-12(16-17-13)9-5-7-14-8-6-9/h1-8H,(H,15,16)(H,17,18). The third kappa shape index (κ3) is 1.82. The molecule has 1 amide bonds. The third-order valence-corrected chi connectivity index (χ3v) is 2.65. The summed E-state index contributed by atoms with van der Waals surface area (Å²) < 4.78 is 0. The molecule has 2 heterocycles. The van der Waals surface area contributed by atoms with Gasteiger partial charge in [0.2, 0.25) is 0 Å². The molecule has 1 aliphatic heterocycles. The van der Waals surface area contributed by atoms with Crippen LogP contribution in [0.25, 0.3) is 0 Å². The van der Waals surface area contributed by atoms with Gasteiger partial charge in [0.1, 0.15) is 0 Å². The molecule has 0 radical (unpaired) electrons. The zero-order chi connectivity index (χ0) is 12.4. The summed E-state index contributed by atoms with van der Waals surface area (Å²) in [6.07, 6.45) is 3.36. The van der Waals surface area contributed by atoms with Crippen molar-refractivity contribution in [2.45, 2.75) is 0 Å². The maximum atomic E-state index is 11.8. The molecular weight excluding hydrogens is 228 g/mol. The van der Waals surface area contributed by atoms with Crippen LogP contribution in [0.3, 0.4) is 0 Å². The SMILES string of the molecule is O=C1NN=C(c2ccncc2)Nc2ccccc21. The topological polar surface area (TPSA) is 66.4 Å². The number of hydrogen-bond acceptors (Lipinski definition) is 4. The second kappa shape index (κ2) is 4.29. The van der Waals surface area contributed by atoms with Crippen LogP contribution in [0.1, 0.15) is 15.9 Å². The Labute approximate surface area is 104 Å². The lowest BCUT2D eigenvalue weighted by Crippen LogP contribution is -2.18. The van der Waals surface area contributed by atoms with E-state index in [1.165, 1.54) is 0 Å². The largest absolute Gasteiger partial charge is 0.338 e. The highest BCUT2D eigenvalue weighted by Crippen LogP contribution is 2.18. The normalized spacial score (nSPS) is 13.8. The van der Waals surface area contributed by atoms with E-state index >= 15 is 0 Å². The number of hydrazone groups is 1. The smallest absolute Gasteiger partial charge is 0.273 e. The third-order valence-electron chi connectivity index (χ3n) is 2.65. The molecule has 0 atom stereocenters. The number of fused-ring (bicyclic) bond motifs is 1. The summed E-state index contributed by atoms with van der Waals surface area (Å²) in [5.74, 6) is 0.373. The predicted molar refractivity (Wildman–Crippen MR) is 68.3 cm³/mol. The molecule has 0 unspecified atom stereocenters. The van der Waals surface area contributed by atoms with E-state index in [1.54, 1.807) is 18.5 Å². The highest BCUT2D eigenvalue weighted by Gasteiger charge is 2.16. The second-order valence-electron chi connectivity index (χ2n) is 3.81. The maximum Gasteiger partial charge on any atom is 0.273 e. The first-order valence-corrected chi connectivity index (χ1v) is 5.49. The van der Waals surface area contributed by atoms with Gasteiger partial charge in [0.15, 0.2) is 5.84 Å². The molecule has 5 heteroatoms. The molecule has 5 nitrogen and oxygen atoms in total. The minimum absolute atomic E-state index is 0.220. The van der Waals surface area contributed by atoms with Gasteiger partial charge in [0.25, 0.3) is 5.91 Å². The Bertz CT molecular complexity index is 622. The predicted octanol–water partition coefficient (Wildman–Crippen LogP) is 1.60. The molecule has 2 N–H and O–H groups in total. The molecule has 2 aromatic rings. The highest BCUT2D eigenvalue weighted by molar-refractivity contribution is 6.13. The van der Waals surface area contributed by atoms with E-state index in [9.17, 15) is 4.79 Å². The number of aromatic nitrogens is 1. The van der Waals surface area contributed by atoms with Crippen molar-refractivity contribution in [2.24, 2.45) is 5.10 Å². The van der Waals surface area contributed by atoms with Gasteiger partial charge in [-0.3, -0.25) is 9.78 Å². The molecule has 0 saturated carbocycles. The molecule has 18 heavy (non-hydrogen) atoms. The monoisotopic (exact) mass is 238 g/mol. The van der Waals surface area contributed by atoms with Crippen LogP contribution in [0.2, 0.25) is 0 Å². The van der Waals surface area contributed by atoms with Crippen molar-refractivity contribution in [3.05, 3.63) is 59.9 Å². The molecule has 0 aliphatic carbocycles. The minimum Gasteiger partial charge on any atom is -0.338 e. The number of hydrogen-bond donors (Lipinski definition) is 2. The van der Waals surface area contributed by atoms with Crippen LogP contribution in [-0.4, -0.2) is 16.7 Å². The molecule has 0 spiro atoms. The van der Waals surface area contributed by atoms with Crippen molar-refractivity contribution < 1.29 is 4.79 Å². The van der Waals surface area contributed by atoms with Crippen LogP contribution in [0.4, 0.5) is 5.69 Å². The number of carbonyl (C=O) groups excluding carboxylic acids is 1. The van der Waals surface area contributed by atoms with Gasteiger partial charge in [0, 0.05) is 18.0 Å². The second-order valence-corrected chi connectivity index (χ2v) is 3.81. The molecular formula is C13H10N4O. The van der Waals surface area contributed by atoms with E-state index in [-0.39, 0.29) is 5.91 Å². The number of pyridine rings is 1. The van der Waals surface area contributed by atoms with Crippen molar-refractivity contribution in [1.82, 2.24) is 10.4 Å².